The van der Waals surface area contributed by atoms with Gasteiger partial charge in [0, 0.05) is 19.7 Å². The average Bonchev–Trinajstić information content (AvgIpc) is 2.52. The number of carbonyl (C=O) groups is 1. The van der Waals surface area contributed by atoms with Gasteiger partial charge in [-0.25, -0.2) is 0 Å². The molecular weight excluding hydrogens is 172 g/mol. The molecule has 5 nitrogen and oxygen atoms in total. The third-order valence-electron chi connectivity index (χ3n) is 1.45. The van der Waals surface area contributed by atoms with Crippen molar-refractivity contribution in [2.24, 2.45) is 0 Å². The highest BCUT2D eigenvalue weighted by molar-refractivity contribution is 5.92. The Morgan fingerprint density at radius 2 is 2.54 bits per heavy atom. The van der Waals surface area contributed by atoms with Crippen molar-refractivity contribution in [3.63, 3.8) is 0 Å². The molecule has 13 heavy (non-hydrogen) atoms. The predicted octanol–water partition coefficient (Wildman–Crippen LogP) is 0.359. The normalized spacial score (nSPS) is 10.0. The molecule has 1 aromatic rings. The van der Waals surface area contributed by atoms with Crippen LogP contribution >= 0.6 is 0 Å². The van der Waals surface area contributed by atoms with E-state index in [9.17, 15) is 4.79 Å². The van der Waals surface area contributed by atoms with Gasteiger partial charge in [-0.1, -0.05) is 5.16 Å². The van der Waals surface area contributed by atoms with Gasteiger partial charge in [-0.15, -0.1) is 0 Å². The Morgan fingerprint density at radius 3 is 3.08 bits per heavy atom. The van der Waals surface area contributed by atoms with Gasteiger partial charge in [-0.3, -0.25) is 4.79 Å². The molecule has 0 atom stereocenters. The molecule has 1 amide bonds. The molecule has 0 spiro atoms. The molecule has 1 heterocycles. The van der Waals surface area contributed by atoms with Gasteiger partial charge >= 0.3 is 0 Å². The summed E-state index contributed by atoms with van der Waals surface area (Å²) in [4.78, 5) is 11.2. The Kier molecular flexibility index (Phi) is 3.45. The molecule has 1 aromatic heterocycles. The first-order valence-electron chi connectivity index (χ1n) is 3.94. The largest absolute Gasteiger partial charge is 0.383 e. The van der Waals surface area contributed by atoms with Crippen LogP contribution in [-0.4, -0.2) is 31.3 Å². The van der Waals surface area contributed by atoms with Gasteiger partial charge in [-0.2, -0.15) is 0 Å². The molecule has 0 saturated carbocycles. The molecule has 0 radical (unpaired) electrons. The molecule has 72 valence electrons. The van der Waals surface area contributed by atoms with Gasteiger partial charge in [-0.05, 0) is 6.92 Å². The molecule has 1 rings (SSSR count). The van der Waals surface area contributed by atoms with Gasteiger partial charge in [0.15, 0.2) is 5.69 Å². The Morgan fingerprint density at radius 1 is 1.77 bits per heavy atom. The summed E-state index contributed by atoms with van der Waals surface area (Å²) in [5, 5.41) is 6.19. The van der Waals surface area contributed by atoms with Gasteiger partial charge in [0.2, 0.25) is 0 Å². The number of nitrogens with one attached hydrogen (secondary N) is 1. The van der Waals surface area contributed by atoms with Crippen LogP contribution in [0, 0.1) is 6.92 Å². The van der Waals surface area contributed by atoms with Crippen molar-refractivity contribution in [3.05, 3.63) is 17.5 Å². The SMILES string of the molecule is COCCNC(=O)c1cc(C)on1. The van der Waals surface area contributed by atoms with Crippen LogP contribution in [-0.2, 0) is 4.74 Å². The summed E-state index contributed by atoms with van der Waals surface area (Å²) in [6, 6.07) is 1.59. The van der Waals surface area contributed by atoms with E-state index in [1.807, 2.05) is 0 Å². The van der Waals surface area contributed by atoms with Crippen LogP contribution in [0.3, 0.4) is 0 Å². The van der Waals surface area contributed by atoms with Crippen LogP contribution in [0.4, 0.5) is 0 Å². The maximum absolute atomic E-state index is 11.2. The topological polar surface area (TPSA) is 64.4 Å². The van der Waals surface area contributed by atoms with Crippen molar-refractivity contribution in [1.29, 1.82) is 0 Å². The third kappa shape index (κ3) is 2.87. The number of hydrogen-bond donors (Lipinski definition) is 1. The van der Waals surface area contributed by atoms with Crippen molar-refractivity contribution in [2.75, 3.05) is 20.3 Å². The zero-order valence-electron chi connectivity index (χ0n) is 7.66. The zero-order chi connectivity index (χ0) is 9.68. The van der Waals surface area contributed by atoms with E-state index in [4.69, 9.17) is 9.26 Å². The van der Waals surface area contributed by atoms with E-state index in [-0.39, 0.29) is 5.91 Å². The van der Waals surface area contributed by atoms with Gasteiger partial charge in [0.25, 0.3) is 5.91 Å². The Hall–Kier alpha value is -1.36. The van der Waals surface area contributed by atoms with Gasteiger partial charge in [0.1, 0.15) is 5.76 Å². The Balaban J connectivity index is 2.40. The highest BCUT2D eigenvalue weighted by atomic mass is 16.5. The number of aryl methyl sites for hydroxylation is 1. The molecule has 1 N–H and O–H groups in total. The quantitative estimate of drug-likeness (QED) is 0.686. The molecule has 0 saturated heterocycles. The number of hydrogen-bond acceptors (Lipinski definition) is 4. The first-order chi connectivity index (χ1) is 6.24. The molecule has 0 aliphatic rings. The van der Waals surface area contributed by atoms with E-state index in [1.165, 1.54) is 0 Å². The minimum atomic E-state index is -0.242. The maximum Gasteiger partial charge on any atom is 0.273 e. The second kappa shape index (κ2) is 4.61. The average molecular weight is 184 g/mol. The van der Waals surface area contributed by atoms with Crippen LogP contribution in [0.5, 0.6) is 0 Å². The first-order valence-corrected chi connectivity index (χ1v) is 3.94. The summed E-state index contributed by atoms with van der Waals surface area (Å²) in [6.07, 6.45) is 0. The number of amides is 1. The number of rotatable bonds is 4. The molecule has 5 heteroatoms. The van der Waals surface area contributed by atoms with Crippen LogP contribution in [0.25, 0.3) is 0 Å². The number of methoxy groups -OCH3 is 1. The highest BCUT2D eigenvalue weighted by Crippen LogP contribution is 2.00. The van der Waals surface area contributed by atoms with E-state index in [1.54, 1.807) is 20.1 Å². The molecule has 0 aliphatic heterocycles. The summed E-state index contributed by atoms with van der Waals surface area (Å²) >= 11 is 0. The third-order valence-corrected chi connectivity index (χ3v) is 1.45. The summed E-state index contributed by atoms with van der Waals surface area (Å²) in [7, 11) is 1.58. The number of carbonyl (C=O) groups excluding carboxylic acids is 1. The second-order valence-corrected chi connectivity index (χ2v) is 2.57. The lowest BCUT2D eigenvalue weighted by atomic mass is 10.3. The summed E-state index contributed by atoms with van der Waals surface area (Å²) in [5.41, 5.74) is 0.300. The van der Waals surface area contributed by atoms with Crippen molar-refractivity contribution in [2.45, 2.75) is 6.92 Å². The molecule has 0 aromatic carbocycles. The molecule has 0 bridgehead atoms. The lowest BCUT2D eigenvalue weighted by Gasteiger charge is -1.99. The van der Waals surface area contributed by atoms with Gasteiger partial charge in [0.05, 0.1) is 6.61 Å². The summed E-state index contributed by atoms with van der Waals surface area (Å²) in [5.74, 6) is 0.380. The molecular formula is C8H12N2O3. The van der Waals surface area contributed by atoms with Crippen LogP contribution in [0.15, 0.2) is 10.6 Å². The fraction of sp³-hybridized carbons (Fsp3) is 0.500. The fourth-order valence-electron chi connectivity index (χ4n) is 0.831. The predicted molar refractivity (Wildman–Crippen MR) is 45.4 cm³/mol. The lowest BCUT2D eigenvalue weighted by Crippen LogP contribution is -2.27. The van der Waals surface area contributed by atoms with E-state index < -0.39 is 0 Å². The van der Waals surface area contributed by atoms with E-state index in [0.717, 1.165) is 0 Å². The number of ether oxygens (including phenoxy) is 1. The summed E-state index contributed by atoms with van der Waals surface area (Å²) in [6.45, 7) is 2.70. The van der Waals surface area contributed by atoms with E-state index in [0.29, 0.717) is 24.6 Å². The Labute approximate surface area is 76.0 Å². The van der Waals surface area contributed by atoms with Crippen molar-refractivity contribution in [3.8, 4) is 0 Å². The fourth-order valence-corrected chi connectivity index (χ4v) is 0.831. The number of nitrogens with zero attached hydrogens (tertiary/aromatic N) is 1. The number of aromatic nitrogens is 1. The second-order valence-electron chi connectivity index (χ2n) is 2.57. The first kappa shape index (κ1) is 9.73. The highest BCUT2D eigenvalue weighted by Gasteiger charge is 2.09. The van der Waals surface area contributed by atoms with Crippen LogP contribution in [0.2, 0.25) is 0 Å². The zero-order valence-corrected chi connectivity index (χ0v) is 7.66. The molecule has 0 fully saturated rings. The smallest absolute Gasteiger partial charge is 0.273 e. The van der Waals surface area contributed by atoms with Crippen molar-refractivity contribution in [1.82, 2.24) is 10.5 Å². The monoisotopic (exact) mass is 184 g/mol. The van der Waals surface area contributed by atoms with Crippen LogP contribution in [0.1, 0.15) is 16.2 Å². The Bertz CT molecular complexity index is 283. The standard InChI is InChI=1S/C8H12N2O3/c1-6-5-7(10-13-6)8(11)9-3-4-12-2/h5H,3-4H2,1-2H3,(H,9,11). The minimum Gasteiger partial charge on any atom is -0.383 e. The molecule has 0 aliphatic carbocycles. The van der Waals surface area contributed by atoms with Gasteiger partial charge < -0.3 is 14.6 Å². The van der Waals surface area contributed by atoms with Crippen LogP contribution < -0.4 is 5.32 Å². The van der Waals surface area contributed by atoms with Crippen molar-refractivity contribution >= 4 is 5.91 Å². The summed E-state index contributed by atoms with van der Waals surface area (Å²) < 4.78 is 9.52. The molecule has 0 unspecified atom stereocenters. The van der Waals surface area contributed by atoms with E-state index >= 15 is 0 Å². The van der Waals surface area contributed by atoms with E-state index in [2.05, 4.69) is 10.5 Å². The maximum atomic E-state index is 11.2. The van der Waals surface area contributed by atoms with Crippen molar-refractivity contribution < 1.29 is 14.1 Å². The minimum absolute atomic E-state index is 0.242. The lowest BCUT2D eigenvalue weighted by molar-refractivity contribution is 0.0928.